The van der Waals surface area contributed by atoms with Gasteiger partial charge in [0.05, 0.1) is 6.61 Å². The van der Waals surface area contributed by atoms with Gasteiger partial charge in [0.2, 0.25) is 5.76 Å². The molecule has 0 saturated heterocycles. The normalized spacial score (nSPS) is 11.8. The van der Waals surface area contributed by atoms with Gasteiger partial charge in [-0.25, -0.2) is 0 Å². The number of halogens is 8. The fourth-order valence-corrected chi connectivity index (χ4v) is 1.64. The fraction of sp³-hybridized carbons (Fsp3) is 0.176. The van der Waals surface area contributed by atoms with E-state index in [0.29, 0.717) is 11.3 Å². The summed E-state index contributed by atoms with van der Waals surface area (Å²) in [4.78, 5) is 13.8. The molecule has 0 bridgehead atoms. The Hall–Kier alpha value is -2.33. The van der Waals surface area contributed by atoms with E-state index < -0.39 is 41.6 Å². The number of hydrogen-bond donors (Lipinski definition) is 2. The molecule has 1 heterocycles. The molecule has 4 nitrogen and oxygen atoms in total. The maximum absolute atomic E-state index is 13.4. The minimum absolute atomic E-state index is 0. The molecule has 2 rings (SSSR count). The minimum Gasteiger partial charge on any atom is -0.504 e. The molecule has 1 aromatic carbocycles. The molecule has 0 fully saturated rings. The first-order chi connectivity index (χ1) is 13.3. The van der Waals surface area contributed by atoms with E-state index in [2.05, 4.69) is 11.1 Å². The predicted octanol–water partition coefficient (Wildman–Crippen LogP) is 4.44. The van der Waals surface area contributed by atoms with Crippen molar-refractivity contribution in [1.29, 1.82) is 0 Å². The number of alkyl halides is 6. The van der Waals surface area contributed by atoms with Crippen molar-refractivity contribution >= 4 is 5.78 Å². The van der Waals surface area contributed by atoms with Crippen molar-refractivity contribution in [3.63, 3.8) is 0 Å². The van der Waals surface area contributed by atoms with Crippen LogP contribution in [0.15, 0.2) is 42.3 Å². The van der Waals surface area contributed by atoms with E-state index in [9.17, 15) is 39.9 Å². The SMILES string of the molecule is O=C(/C=C(\O)C(F)(F)F)C(F)(F)F.OCc1ccnc(-c2[c-]cc(F)cc2F)c1.[Pt]. The van der Waals surface area contributed by atoms with Crippen molar-refractivity contribution in [2.24, 2.45) is 0 Å². The average molecular weight is 623 g/mol. The Kier molecular flexibility index (Phi) is 10.3. The summed E-state index contributed by atoms with van der Waals surface area (Å²) in [5.74, 6) is -6.74. The van der Waals surface area contributed by atoms with E-state index in [1.54, 1.807) is 6.07 Å². The zero-order valence-corrected chi connectivity index (χ0v) is 16.5. The molecule has 0 atom stereocenters. The summed E-state index contributed by atoms with van der Waals surface area (Å²) in [5.41, 5.74) is 1.03. The topological polar surface area (TPSA) is 70.4 Å². The first-order valence-corrected chi connectivity index (χ1v) is 7.27. The Balaban J connectivity index is 0.000000557. The summed E-state index contributed by atoms with van der Waals surface area (Å²) in [6, 6.07) is 7.45. The molecule has 2 aromatic rings. The van der Waals surface area contributed by atoms with Crippen molar-refractivity contribution < 1.29 is 71.2 Å². The molecule has 30 heavy (non-hydrogen) atoms. The second-order valence-corrected chi connectivity index (χ2v) is 5.14. The maximum Gasteiger partial charge on any atom is 0.454 e. The number of aliphatic hydroxyl groups excluding tert-OH is 2. The number of benzene rings is 1. The van der Waals surface area contributed by atoms with E-state index in [1.807, 2.05) is 0 Å². The van der Waals surface area contributed by atoms with Crippen LogP contribution in [0.5, 0.6) is 0 Å². The van der Waals surface area contributed by atoms with Gasteiger partial charge in [0.15, 0.2) is 0 Å². The van der Waals surface area contributed by atoms with Gasteiger partial charge in [-0.1, -0.05) is 17.7 Å². The second kappa shape index (κ2) is 11.2. The van der Waals surface area contributed by atoms with Gasteiger partial charge in [0.25, 0.3) is 5.78 Å². The number of aliphatic hydroxyl groups is 2. The summed E-state index contributed by atoms with van der Waals surface area (Å²) < 4.78 is 94.1. The van der Waals surface area contributed by atoms with Crippen molar-refractivity contribution in [1.82, 2.24) is 4.98 Å². The molecule has 0 aliphatic heterocycles. The van der Waals surface area contributed by atoms with Gasteiger partial charge >= 0.3 is 12.4 Å². The number of hydrogen-bond acceptors (Lipinski definition) is 4. The van der Waals surface area contributed by atoms with Gasteiger partial charge in [0.1, 0.15) is 0 Å². The van der Waals surface area contributed by atoms with Crippen LogP contribution in [0.3, 0.4) is 0 Å². The van der Waals surface area contributed by atoms with Crippen LogP contribution < -0.4 is 0 Å². The van der Waals surface area contributed by atoms with E-state index in [1.165, 1.54) is 12.3 Å². The Morgan fingerprint density at radius 2 is 1.70 bits per heavy atom. The van der Waals surface area contributed by atoms with Crippen molar-refractivity contribution in [3.8, 4) is 11.3 Å². The second-order valence-electron chi connectivity index (χ2n) is 5.14. The standard InChI is InChI=1S/C12H8F2NO.C5H2F6O2.Pt/c13-9-1-2-10(11(14)6-9)12-5-8(7-16)3-4-15-12;6-4(7,8)2(12)1-3(13)5(9,10)11;/h1,3-6,16H,7H2;1,12H;/q-1;;/b;2-1-;. The molecule has 0 unspecified atom stereocenters. The van der Waals surface area contributed by atoms with Gasteiger partial charge in [-0.15, -0.1) is 12.1 Å². The molecule has 0 amide bonds. The van der Waals surface area contributed by atoms with Crippen LogP contribution in [0.2, 0.25) is 0 Å². The minimum atomic E-state index is -5.42. The quantitative estimate of drug-likeness (QED) is 0.230. The number of pyridine rings is 1. The molecule has 0 spiro atoms. The van der Waals surface area contributed by atoms with Crippen LogP contribution in [-0.2, 0) is 32.5 Å². The summed E-state index contributed by atoms with van der Waals surface area (Å²) >= 11 is 0. The van der Waals surface area contributed by atoms with E-state index in [0.717, 1.165) is 12.1 Å². The monoisotopic (exact) mass is 623 g/mol. The zero-order valence-electron chi connectivity index (χ0n) is 14.3. The van der Waals surface area contributed by atoms with E-state index >= 15 is 0 Å². The Bertz CT molecular complexity index is 897. The van der Waals surface area contributed by atoms with Crippen LogP contribution in [-0.4, -0.2) is 33.3 Å². The van der Waals surface area contributed by atoms with E-state index in [-0.39, 0.29) is 33.2 Å². The number of ketones is 1. The van der Waals surface area contributed by atoms with E-state index in [4.69, 9.17) is 10.2 Å². The van der Waals surface area contributed by atoms with Crippen LogP contribution in [0.25, 0.3) is 11.3 Å². The Morgan fingerprint density at radius 3 is 2.17 bits per heavy atom. The molecule has 1 aromatic heterocycles. The van der Waals surface area contributed by atoms with Crippen LogP contribution >= 0.6 is 0 Å². The third kappa shape index (κ3) is 8.58. The molecule has 0 saturated carbocycles. The van der Waals surface area contributed by atoms with Crippen LogP contribution in [0.1, 0.15) is 5.56 Å². The van der Waals surface area contributed by atoms with Gasteiger partial charge in [-0.05, 0) is 17.3 Å². The van der Waals surface area contributed by atoms with Crippen LogP contribution in [0, 0.1) is 17.7 Å². The van der Waals surface area contributed by atoms with Gasteiger partial charge in [0, 0.05) is 45.0 Å². The van der Waals surface area contributed by atoms with Gasteiger partial charge in [-0.2, -0.15) is 26.3 Å². The summed E-state index contributed by atoms with van der Waals surface area (Å²) in [6.07, 6.45) is -10.2. The zero-order chi connectivity index (χ0) is 22.4. The van der Waals surface area contributed by atoms with Crippen molar-refractivity contribution in [2.45, 2.75) is 19.0 Å². The molecule has 0 aliphatic carbocycles. The number of rotatable bonds is 3. The first-order valence-electron chi connectivity index (χ1n) is 7.27. The fourth-order valence-electron chi connectivity index (χ4n) is 1.64. The predicted molar refractivity (Wildman–Crippen MR) is 82.2 cm³/mol. The smallest absolute Gasteiger partial charge is 0.454 e. The molecular weight excluding hydrogens is 613 g/mol. The van der Waals surface area contributed by atoms with Crippen LogP contribution in [0.4, 0.5) is 35.1 Å². The largest absolute Gasteiger partial charge is 0.504 e. The third-order valence-electron chi connectivity index (χ3n) is 2.96. The Labute approximate surface area is 178 Å². The Morgan fingerprint density at radius 1 is 1.10 bits per heavy atom. The number of allylic oxidation sites excluding steroid dienone is 2. The number of carbonyl (C=O) groups is 1. The van der Waals surface area contributed by atoms with Crippen molar-refractivity contribution in [3.05, 3.63) is 65.6 Å². The average Bonchev–Trinajstić information content (AvgIpc) is 2.60. The molecular formula is C17H10F8NO3Pt-. The first kappa shape index (κ1) is 27.7. The molecule has 168 valence electrons. The maximum atomic E-state index is 13.4. The van der Waals surface area contributed by atoms with Gasteiger partial charge < -0.3 is 15.2 Å². The summed E-state index contributed by atoms with van der Waals surface area (Å²) in [6.45, 7) is -0.154. The number of carbonyl (C=O) groups excluding carboxylic acids is 1. The molecule has 0 radical (unpaired) electrons. The number of nitrogens with zero attached hydrogens (tertiary/aromatic N) is 1. The third-order valence-corrected chi connectivity index (χ3v) is 2.96. The van der Waals surface area contributed by atoms with Gasteiger partial charge in [-0.3, -0.25) is 13.6 Å². The molecule has 2 N–H and O–H groups in total. The molecule has 13 heteroatoms. The molecule has 0 aliphatic rings. The number of aromatic nitrogens is 1. The summed E-state index contributed by atoms with van der Waals surface area (Å²) in [5, 5.41) is 16.9. The van der Waals surface area contributed by atoms with Crippen molar-refractivity contribution in [2.75, 3.05) is 0 Å². The summed E-state index contributed by atoms with van der Waals surface area (Å²) in [7, 11) is 0.